The monoisotopic (exact) mass is 295 g/mol. The van der Waals surface area contributed by atoms with Crippen LogP contribution in [0.25, 0.3) is 10.2 Å². The van der Waals surface area contributed by atoms with Crippen LogP contribution in [0.5, 0.6) is 0 Å². The predicted octanol–water partition coefficient (Wildman–Crippen LogP) is 2.89. The van der Waals surface area contributed by atoms with Crippen molar-refractivity contribution in [1.29, 1.82) is 0 Å². The molecule has 6 heteroatoms. The van der Waals surface area contributed by atoms with E-state index in [2.05, 4.69) is 15.6 Å². The number of carbonyl (C=O) groups excluding carboxylic acids is 1. The fourth-order valence-electron chi connectivity index (χ4n) is 2.46. The molecule has 1 aliphatic heterocycles. The van der Waals surface area contributed by atoms with E-state index in [9.17, 15) is 4.79 Å². The summed E-state index contributed by atoms with van der Waals surface area (Å²) in [6.45, 7) is 2.91. The average molecular weight is 296 g/mol. The number of nitrogens with zero attached hydrogens (tertiary/aromatic N) is 1. The summed E-state index contributed by atoms with van der Waals surface area (Å²) >= 11 is 7.72. The molecule has 4 nitrogen and oxygen atoms in total. The van der Waals surface area contributed by atoms with Crippen molar-refractivity contribution in [2.24, 2.45) is 5.92 Å². The highest BCUT2D eigenvalue weighted by molar-refractivity contribution is 7.16. The molecule has 1 aromatic heterocycles. The largest absolute Gasteiger partial charge is 0.323 e. The van der Waals surface area contributed by atoms with Gasteiger partial charge in [-0.15, -0.1) is 11.3 Å². The smallest absolute Gasteiger partial charge is 0.229 e. The lowest BCUT2D eigenvalue weighted by molar-refractivity contribution is -0.119. The van der Waals surface area contributed by atoms with Gasteiger partial charge in [0, 0.05) is 6.04 Å². The van der Waals surface area contributed by atoms with Gasteiger partial charge in [-0.25, -0.2) is 4.98 Å². The summed E-state index contributed by atoms with van der Waals surface area (Å²) in [6.07, 6.45) is 0.859. The molecule has 0 bridgehead atoms. The van der Waals surface area contributed by atoms with E-state index in [0.29, 0.717) is 10.7 Å². The van der Waals surface area contributed by atoms with Crippen molar-refractivity contribution in [3.63, 3.8) is 0 Å². The highest BCUT2D eigenvalue weighted by atomic mass is 35.5. The van der Waals surface area contributed by atoms with Crippen molar-refractivity contribution in [2.45, 2.75) is 19.4 Å². The number of fused-ring (bicyclic) bond motifs is 1. The van der Waals surface area contributed by atoms with Crippen molar-refractivity contribution < 1.29 is 4.79 Å². The van der Waals surface area contributed by atoms with E-state index < -0.39 is 0 Å². The van der Waals surface area contributed by atoms with Crippen molar-refractivity contribution in [3.05, 3.63) is 22.7 Å². The second kappa shape index (κ2) is 5.07. The van der Waals surface area contributed by atoms with E-state index in [1.54, 1.807) is 11.6 Å². The Bertz CT molecular complexity index is 627. The first-order chi connectivity index (χ1) is 9.16. The molecule has 19 heavy (non-hydrogen) atoms. The molecule has 0 spiro atoms. The van der Waals surface area contributed by atoms with Gasteiger partial charge in [0.1, 0.15) is 5.52 Å². The predicted molar refractivity (Wildman–Crippen MR) is 78.8 cm³/mol. The SMILES string of the molecule is CC1NCCC1C(=O)Nc1c(Cl)ccc2scnc12. The van der Waals surface area contributed by atoms with Crippen molar-refractivity contribution in [3.8, 4) is 0 Å². The molecule has 2 unspecified atom stereocenters. The quantitative estimate of drug-likeness (QED) is 0.896. The third kappa shape index (κ3) is 2.33. The van der Waals surface area contributed by atoms with Gasteiger partial charge in [0.25, 0.3) is 0 Å². The van der Waals surface area contributed by atoms with Gasteiger partial charge in [-0.05, 0) is 32.0 Å². The Morgan fingerprint density at radius 2 is 2.42 bits per heavy atom. The van der Waals surface area contributed by atoms with Crippen LogP contribution < -0.4 is 10.6 Å². The molecule has 0 radical (unpaired) electrons. The van der Waals surface area contributed by atoms with E-state index in [1.807, 2.05) is 13.0 Å². The molecule has 1 saturated heterocycles. The van der Waals surface area contributed by atoms with Crippen LogP contribution in [0.2, 0.25) is 5.02 Å². The first kappa shape index (κ1) is 12.8. The zero-order chi connectivity index (χ0) is 13.4. The van der Waals surface area contributed by atoms with Gasteiger partial charge >= 0.3 is 0 Å². The molecule has 2 N–H and O–H groups in total. The Hall–Kier alpha value is -1.17. The van der Waals surface area contributed by atoms with Crippen LogP contribution in [0.15, 0.2) is 17.6 Å². The van der Waals surface area contributed by atoms with Gasteiger partial charge < -0.3 is 10.6 Å². The van der Waals surface area contributed by atoms with E-state index in [1.165, 1.54) is 11.3 Å². The highest BCUT2D eigenvalue weighted by Gasteiger charge is 2.30. The lowest BCUT2D eigenvalue weighted by atomic mass is 10.0. The Balaban J connectivity index is 1.90. The highest BCUT2D eigenvalue weighted by Crippen LogP contribution is 2.33. The Kier molecular flexibility index (Phi) is 3.43. The van der Waals surface area contributed by atoms with Gasteiger partial charge in [-0.3, -0.25) is 4.79 Å². The molecular formula is C13H14ClN3OS. The molecule has 3 rings (SSSR count). The van der Waals surface area contributed by atoms with Gasteiger partial charge in [0.2, 0.25) is 5.91 Å². The lowest BCUT2D eigenvalue weighted by Gasteiger charge is -2.15. The number of halogens is 1. The fraction of sp³-hybridized carbons (Fsp3) is 0.385. The molecule has 1 fully saturated rings. The Morgan fingerprint density at radius 1 is 1.58 bits per heavy atom. The maximum atomic E-state index is 12.3. The van der Waals surface area contributed by atoms with Gasteiger partial charge in [0.15, 0.2) is 0 Å². The summed E-state index contributed by atoms with van der Waals surface area (Å²) in [4.78, 5) is 16.6. The average Bonchev–Trinajstić information content (AvgIpc) is 3.01. The number of benzene rings is 1. The number of anilines is 1. The zero-order valence-electron chi connectivity index (χ0n) is 10.4. The fourth-order valence-corrected chi connectivity index (χ4v) is 3.34. The number of rotatable bonds is 2. The molecule has 1 amide bonds. The number of aromatic nitrogens is 1. The third-order valence-corrected chi connectivity index (χ3v) is 4.67. The van der Waals surface area contributed by atoms with Crippen LogP contribution in [0.4, 0.5) is 5.69 Å². The van der Waals surface area contributed by atoms with Crippen LogP contribution in [0, 0.1) is 5.92 Å². The van der Waals surface area contributed by atoms with Crippen LogP contribution in [-0.2, 0) is 4.79 Å². The summed E-state index contributed by atoms with van der Waals surface area (Å²) in [5, 5.41) is 6.75. The Morgan fingerprint density at radius 3 is 3.16 bits per heavy atom. The summed E-state index contributed by atoms with van der Waals surface area (Å²) < 4.78 is 1.03. The molecule has 2 heterocycles. The molecular weight excluding hydrogens is 282 g/mol. The minimum Gasteiger partial charge on any atom is -0.323 e. The maximum Gasteiger partial charge on any atom is 0.229 e. The molecule has 2 aromatic rings. The van der Waals surface area contributed by atoms with Gasteiger partial charge in [0.05, 0.1) is 26.8 Å². The second-order valence-electron chi connectivity index (χ2n) is 4.75. The summed E-state index contributed by atoms with van der Waals surface area (Å²) in [6, 6.07) is 3.92. The van der Waals surface area contributed by atoms with Crippen LogP contribution in [-0.4, -0.2) is 23.5 Å². The third-order valence-electron chi connectivity index (χ3n) is 3.56. The summed E-state index contributed by atoms with van der Waals surface area (Å²) in [5.74, 6) is 0.00450. The lowest BCUT2D eigenvalue weighted by Crippen LogP contribution is -2.32. The number of hydrogen-bond donors (Lipinski definition) is 2. The van der Waals surface area contributed by atoms with Crippen molar-refractivity contribution >= 4 is 44.7 Å². The van der Waals surface area contributed by atoms with Crippen LogP contribution in [0.1, 0.15) is 13.3 Å². The molecule has 1 aliphatic rings. The standard InChI is InChI=1S/C13H14ClN3OS/c1-7-8(4-5-15-7)13(18)17-11-9(14)2-3-10-12(11)16-6-19-10/h2-3,6-8,15H,4-5H2,1H3,(H,17,18). The first-order valence-corrected chi connectivity index (χ1v) is 7.48. The van der Waals surface area contributed by atoms with E-state index in [-0.39, 0.29) is 17.9 Å². The van der Waals surface area contributed by atoms with E-state index in [4.69, 9.17) is 11.6 Å². The van der Waals surface area contributed by atoms with Gasteiger partial charge in [-0.2, -0.15) is 0 Å². The Labute approximate surface area is 120 Å². The molecule has 2 atom stereocenters. The second-order valence-corrected chi connectivity index (χ2v) is 6.04. The zero-order valence-corrected chi connectivity index (χ0v) is 12.0. The normalized spacial score (nSPS) is 22.8. The summed E-state index contributed by atoms with van der Waals surface area (Å²) in [7, 11) is 0. The number of carbonyl (C=O) groups is 1. The van der Waals surface area contributed by atoms with E-state index >= 15 is 0 Å². The first-order valence-electron chi connectivity index (χ1n) is 6.23. The molecule has 0 saturated carbocycles. The number of thiazole rings is 1. The molecule has 1 aromatic carbocycles. The van der Waals surface area contributed by atoms with Crippen LogP contribution >= 0.6 is 22.9 Å². The number of amides is 1. The molecule has 0 aliphatic carbocycles. The maximum absolute atomic E-state index is 12.3. The van der Waals surface area contributed by atoms with Crippen molar-refractivity contribution in [1.82, 2.24) is 10.3 Å². The summed E-state index contributed by atoms with van der Waals surface area (Å²) in [5.41, 5.74) is 3.16. The molecule has 100 valence electrons. The topological polar surface area (TPSA) is 54.0 Å². The minimum absolute atomic E-state index is 0.00930. The van der Waals surface area contributed by atoms with Crippen molar-refractivity contribution in [2.75, 3.05) is 11.9 Å². The van der Waals surface area contributed by atoms with E-state index in [0.717, 1.165) is 23.2 Å². The van der Waals surface area contributed by atoms with Crippen LogP contribution in [0.3, 0.4) is 0 Å². The van der Waals surface area contributed by atoms with Gasteiger partial charge in [-0.1, -0.05) is 11.6 Å². The number of hydrogen-bond acceptors (Lipinski definition) is 4. The minimum atomic E-state index is -0.00930. The number of nitrogens with one attached hydrogen (secondary N) is 2.